The highest BCUT2D eigenvalue weighted by molar-refractivity contribution is 7.91. The molecule has 25 heavy (non-hydrogen) atoms. The van der Waals surface area contributed by atoms with Gasteiger partial charge in [0.05, 0.1) is 15.7 Å². The number of rotatable bonds is 6. The van der Waals surface area contributed by atoms with E-state index in [0.29, 0.717) is 11.5 Å². The summed E-state index contributed by atoms with van der Waals surface area (Å²) in [5.41, 5.74) is 0.839. The number of nitrogens with one attached hydrogen (secondary N) is 1. The van der Waals surface area contributed by atoms with Crippen LogP contribution in [-0.2, 0) is 21.2 Å². The third-order valence-electron chi connectivity index (χ3n) is 3.70. The predicted octanol–water partition coefficient (Wildman–Crippen LogP) is 2.55. The fraction of sp³-hybridized carbons (Fsp3) is 0.235. The molecule has 0 aliphatic carbocycles. The van der Waals surface area contributed by atoms with Gasteiger partial charge in [0.1, 0.15) is 0 Å². The van der Waals surface area contributed by atoms with E-state index in [0.717, 1.165) is 5.56 Å². The van der Waals surface area contributed by atoms with E-state index in [1.54, 1.807) is 24.3 Å². The van der Waals surface area contributed by atoms with Crippen molar-refractivity contribution in [3.63, 3.8) is 0 Å². The molecule has 0 saturated heterocycles. The molecule has 0 fully saturated rings. The van der Waals surface area contributed by atoms with Gasteiger partial charge in [0, 0.05) is 13.0 Å². The Morgan fingerprint density at radius 2 is 1.88 bits per heavy atom. The number of benzene rings is 2. The van der Waals surface area contributed by atoms with Gasteiger partial charge in [0.2, 0.25) is 12.7 Å². The maximum atomic E-state index is 12.3. The van der Waals surface area contributed by atoms with Crippen LogP contribution in [0.15, 0.2) is 47.4 Å². The number of hydrogen-bond acceptors (Lipinski definition) is 5. The summed E-state index contributed by atoms with van der Waals surface area (Å²) in [5.74, 6) is 0.645. The van der Waals surface area contributed by atoms with Crippen LogP contribution in [0.1, 0.15) is 12.0 Å². The maximum Gasteiger partial charge on any atom is 0.231 e. The first-order chi connectivity index (χ1) is 12.0. The van der Waals surface area contributed by atoms with Crippen LogP contribution in [0, 0.1) is 0 Å². The monoisotopic (exact) mass is 381 g/mol. The van der Waals surface area contributed by atoms with Crippen LogP contribution in [-0.4, -0.2) is 26.9 Å². The third-order valence-corrected chi connectivity index (χ3v) is 5.91. The van der Waals surface area contributed by atoms with Crippen molar-refractivity contribution < 1.29 is 22.7 Å². The number of hydrogen-bond donors (Lipinski definition) is 1. The van der Waals surface area contributed by atoms with Gasteiger partial charge in [-0.25, -0.2) is 8.42 Å². The Balaban J connectivity index is 1.54. The molecule has 0 saturated carbocycles. The van der Waals surface area contributed by atoms with Gasteiger partial charge in [0.25, 0.3) is 0 Å². The fourth-order valence-corrected chi connectivity index (χ4v) is 4.19. The Hall–Kier alpha value is -2.25. The van der Waals surface area contributed by atoms with E-state index in [4.69, 9.17) is 21.1 Å². The molecule has 1 heterocycles. The first-order valence-corrected chi connectivity index (χ1v) is 9.61. The number of sulfone groups is 1. The Morgan fingerprint density at radius 3 is 2.68 bits per heavy atom. The molecule has 0 bridgehead atoms. The average molecular weight is 382 g/mol. The molecular formula is C17H16ClNO5S. The zero-order chi connectivity index (χ0) is 17.9. The van der Waals surface area contributed by atoms with Crippen LogP contribution in [0.5, 0.6) is 11.5 Å². The Morgan fingerprint density at radius 1 is 1.12 bits per heavy atom. The SMILES string of the molecule is O=C(CCS(=O)(=O)c1ccccc1Cl)NCc1ccc2c(c1)OCO2. The Kier molecular flexibility index (Phi) is 5.15. The van der Waals surface area contributed by atoms with E-state index >= 15 is 0 Å². The Bertz CT molecular complexity index is 898. The topological polar surface area (TPSA) is 81.7 Å². The molecule has 0 radical (unpaired) electrons. The summed E-state index contributed by atoms with van der Waals surface area (Å²) in [4.78, 5) is 12.0. The quantitative estimate of drug-likeness (QED) is 0.831. The summed E-state index contributed by atoms with van der Waals surface area (Å²) in [7, 11) is -3.61. The van der Waals surface area contributed by atoms with Crippen LogP contribution in [0.3, 0.4) is 0 Å². The minimum atomic E-state index is -3.61. The molecule has 132 valence electrons. The standard InChI is InChI=1S/C17H16ClNO5S/c18-13-3-1-2-4-16(13)25(21,22)8-7-17(20)19-10-12-5-6-14-15(9-12)24-11-23-14/h1-6,9H,7-8,10-11H2,(H,19,20). The zero-order valence-corrected chi connectivity index (χ0v) is 14.8. The first-order valence-electron chi connectivity index (χ1n) is 7.58. The Labute approximate surface area is 150 Å². The number of ether oxygens (including phenoxy) is 2. The average Bonchev–Trinajstić information content (AvgIpc) is 3.06. The predicted molar refractivity (Wildman–Crippen MR) is 92.5 cm³/mol. The van der Waals surface area contributed by atoms with Crippen molar-refractivity contribution >= 4 is 27.3 Å². The molecule has 1 aliphatic rings. The maximum absolute atomic E-state index is 12.3. The zero-order valence-electron chi connectivity index (χ0n) is 13.2. The van der Waals surface area contributed by atoms with Crippen LogP contribution in [0.25, 0.3) is 0 Å². The number of halogens is 1. The van der Waals surface area contributed by atoms with E-state index in [-0.39, 0.29) is 41.3 Å². The summed E-state index contributed by atoms with van der Waals surface area (Å²) in [6.07, 6.45) is -0.141. The molecule has 0 atom stereocenters. The minimum absolute atomic E-state index is 0.0419. The van der Waals surface area contributed by atoms with Gasteiger partial charge >= 0.3 is 0 Å². The van der Waals surface area contributed by atoms with E-state index in [1.807, 2.05) is 6.07 Å². The van der Waals surface area contributed by atoms with Crippen molar-refractivity contribution in [3.05, 3.63) is 53.1 Å². The largest absolute Gasteiger partial charge is 0.454 e. The van der Waals surface area contributed by atoms with Gasteiger partial charge < -0.3 is 14.8 Å². The van der Waals surface area contributed by atoms with E-state index in [9.17, 15) is 13.2 Å². The van der Waals surface area contributed by atoms with E-state index in [2.05, 4.69) is 5.32 Å². The summed E-state index contributed by atoms with van der Waals surface area (Å²) >= 11 is 5.91. The molecule has 2 aromatic rings. The van der Waals surface area contributed by atoms with Crippen molar-refractivity contribution in [1.29, 1.82) is 0 Å². The lowest BCUT2D eigenvalue weighted by Gasteiger charge is -2.08. The molecular weight excluding hydrogens is 366 g/mol. The smallest absolute Gasteiger partial charge is 0.231 e. The second-order valence-electron chi connectivity index (χ2n) is 5.46. The van der Waals surface area contributed by atoms with Gasteiger partial charge in [-0.05, 0) is 29.8 Å². The summed E-state index contributed by atoms with van der Waals surface area (Å²) in [5, 5.41) is 2.85. The van der Waals surface area contributed by atoms with Crippen molar-refractivity contribution in [2.24, 2.45) is 0 Å². The van der Waals surface area contributed by atoms with Crippen LogP contribution in [0.2, 0.25) is 5.02 Å². The lowest BCUT2D eigenvalue weighted by Crippen LogP contribution is -2.25. The molecule has 0 unspecified atom stereocenters. The molecule has 1 aliphatic heterocycles. The van der Waals surface area contributed by atoms with Gasteiger partial charge in [0.15, 0.2) is 21.3 Å². The number of carbonyl (C=O) groups is 1. The molecule has 3 rings (SSSR count). The number of fused-ring (bicyclic) bond motifs is 1. The van der Waals surface area contributed by atoms with Crippen LogP contribution in [0.4, 0.5) is 0 Å². The van der Waals surface area contributed by atoms with Gasteiger partial charge in [-0.2, -0.15) is 0 Å². The lowest BCUT2D eigenvalue weighted by atomic mass is 10.2. The fourth-order valence-electron chi connectivity index (χ4n) is 2.37. The highest BCUT2D eigenvalue weighted by Gasteiger charge is 2.19. The highest BCUT2D eigenvalue weighted by Crippen LogP contribution is 2.32. The molecule has 0 aromatic heterocycles. The normalized spacial score (nSPS) is 12.8. The summed E-state index contributed by atoms with van der Waals surface area (Å²) in [6.45, 7) is 0.465. The van der Waals surface area contributed by atoms with Crippen molar-refractivity contribution in [2.45, 2.75) is 17.9 Å². The van der Waals surface area contributed by atoms with Crippen molar-refractivity contribution in [2.75, 3.05) is 12.5 Å². The molecule has 2 aromatic carbocycles. The first kappa shape index (κ1) is 17.6. The van der Waals surface area contributed by atoms with Crippen LogP contribution >= 0.6 is 11.6 Å². The number of carbonyl (C=O) groups excluding carboxylic acids is 1. The van der Waals surface area contributed by atoms with Gasteiger partial charge in [-0.15, -0.1) is 0 Å². The highest BCUT2D eigenvalue weighted by atomic mass is 35.5. The molecule has 1 N–H and O–H groups in total. The number of amides is 1. The second kappa shape index (κ2) is 7.33. The molecule has 0 spiro atoms. The van der Waals surface area contributed by atoms with Gasteiger partial charge in [-0.3, -0.25) is 4.79 Å². The van der Waals surface area contributed by atoms with Crippen molar-refractivity contribution in [3.8, 4) is 11.5 Å². The lowest BCUT2D eigenvalue weighted by molar-refractivity contribution is -0.120. The summed E-state index contributed by atoms with van der Waals surface area (Å²) in [6, 6.07) is 11.6. The molecule has 6 nitrogen and oxygen atoms in total. The minimum Gasteiger partial charge on any atom is -0.454 e. The van der Waals surface area contributed by atoms with Crippen molar-refractivity contribution in [1.82, 2.24) is 5.32 Å². The van der Waals surface area contributed by atoms with E-state index < -0.39 is 9.84 Å². The third kappa shape index (κ3) is 4.24. The van der Waals surface area contributed by atoms with E-state index in [1.165, 1.54) is 12.1 Å². The summed E-state index contributed by atoms with van der Waals surface area (Å²) < 4.78 is 35.0. The molecule has 1 amide bonds. The van der Waals surface area contributed by atoms with Crippen LogP contribution < -0.4 is 14.8 Å². The molecule has 8 heteroatoms. The van der Waals surface area contributed by atoms with Gasteiger partial charge in [-0.1, -0.05) is 29.8 Å². The second-order valence-corrected chi connectivity index (χ2v) is 7.95.